The van der Waals surface area contributed by atoms with E-state index >= 15 is 0 Å². The van der Waals surface area contributed by atoms with E-state index in [1.54, 1.807) is 7.11 Å². The monoisotopic (exact) mass is 568 g/mol. The van der Waals surface area contributed by atoms with Crippen molar-refractivity contribution in [2.24, 2.45) is 5.73 Å². The van der Waals surface area contributed by atoms with Gasteiger partial charge in [-0.25, -0.2) is 0 Å². The van der Waals surface area contributed by atoms with Gasteiger partial charge in [-0.3, -0.25) is 9.69 Å². The van der Waals surface area contributed by atoms with Gasteiger partial charge in [0, 0.05) is 30.8 Å². The molecule has 3 N–H and O–H groups in total. The van der Waals surface area contributed by atoms with Crippen LogP contribution in [-0.4, -0.2) is 35.7 Å². The normalized spacial score (nSPS) is 11.7. The fraction of sp³-hybridized carbons (Fsp3) is 0.286. The van der Waals surface area contributed by atoms with E-state index in [-0.39, 0.29) is 0 Å². The summed E-state index contributed by atoms with van der Waals surface area (Å²) in [5, 5.41) is 9.43. The summed E-state index contributed by atoms with van der Waals surface area (Å²) in [5.74, 6) is 1.08. The molecule has 0 saturated heterocycles. The lowest BCUT2D eigenvalue weighted by Gasteiger charge is -2.26. The van der Waals surface area contributed by atoms with E-state index in [0.29, 0.717) is 50.8 Å². The topological polar surface area (TPSA) is 94.3 Å². The standard InChI is InChI=1S/C35H40N2O5/c1-25-9-6-11-27(19-25)23-41-32-15-5-4-13-29(32)21-37(18-17-31(36)35(38)39)22-30-14-8-16-33(40-3)34(30)42-24-28-12-7-10-26(2)20-28/h4-16,19-20,31H,17-18,21-24,36H2,1-3H3,(H,38,39)/t31-/m0/s1. The molecule has 0 radical (unpaired) electrons. The summed E-state index contributed by atoms with van der Waals surface area (Å²) in [6.45, 7) is 6.47. The van der Waals surface area contributed by atoms with Gasteiger partial charge in [0.05, 0.1) is 7.11 Å². The van der Waals surface area contributed by atoms with Crippen LogP contribution in [0, 0.1) is 13.8 Å². The average Bonchev–Trinajstić information content (AvgIpc) is 2.98. The van der Waals surface area contributed by atoms with Crippen LogP contribution in [0.25, 0.3) is 0 Å². The quantitative estimate of drug-likeness (QED) is 0.174. The Morgan fingerprint density at radius 1 is 0.786 bits per heavy atom. The number of hydrogen-bond acceptors (Lipinski definition) is 6. The molecule has 1 atom stereocenters. The van der Waals surface area contributed by atoms with Gasteiger partial charge in [0.2, 0.25) is 0 Å². The number of carboxylic acids is 1. The molecule has 220 valence electrons. The van der Waals surface area contributed by atoms with Crippen molar-refractivity contribution in [3.63, 3.8) is 0 Å². The maximum atomic E-state index is 11.5. The lowest BCUT2D eigenvalue weighted by molar-refractivity contribution is -0.138. The number of aryl methyl sites for hydroxylation is 2. The zero-order valence-electron chi connectivity index (χ0n) is 24.6. The first kappa shape index (κ1) is 30.6. The van der Waals surface area contributed by atoms with Crippen LogP contribution in [0.2, 0.25) is 0 Å². The largest absolute Gasteiger partial charge is 0.493 e. The molecule has 0 aliphatic heterocycles. The molecule has 42 heavy (non-hydrogen) atoms. The van der Waals surface area contributed by atoms with Gasteiger partial charge in [-0.05, 0) is 43.5 Å². The van der Waals surface area contributed by atoms with Gasteiger partial charge in [0.25, 0.3) is 0 Å². The molecular weight excluding hydrogens is 528 g/mol. The summed E-state index contributed by atoms with van der Waals surface area (Å²) in [6.07, 6.45) is 0.297. The van der Waals surface area contributed by atoms with E-state index in [4.69, 9.17) is 19.9 Å². The predicted molar refractivity (Wildman–Crippen MR) is 165 cm³/mol. The lowest BCUT2D eigenvalue weighted by atomic mass is 10.1. The molecule has 0 spiro atoms. The Hall–Kier alpha value is -4.33. The molecule has 0 saturated carbocycles. The van der Waals surface area contributed by atoms with E-state index in [1.165, 1.54) is 11.1 Å². The van der Waals surface area contributed by atoms with E-state index in [2.05, 4.69) is 49.1 Å². The highest BCUT2D eigenvalue weighted by molar-refractivity contribution is 5.73. The minimum absolute atomic E-state index is 0.297. The number of carboxylic acid groups (broad SMARTS) is 1. The lowest BCUT2D eigenvalue weighted by Crippen LogP contribution is -2.35. The number of carbonyl (C=O) groups is 1. The van der Waals surface area contributed by atoms with Crippen LogP contribution < -0.4 is 19.9 Å². The number of aliphatic carboxylic acids is 1. The number of benzene rings is 4. The van der Waals surface area contributed by atoms with Crippen molar-refractivity contribution in [3.8, 4) is 17.2 Å². The summed E-state index contributed by atoms with van der Waals surface area (Å²) in [6, 6.07) is 29.3. The molecule has 4 aromatic rings. The second-order valence-corrected chi connectivity index (χ2v) is 10.6. The van der Waals surface area contributed by atoms with Gasteiger partial charge in [-0.2, -0.15) is 0 Å². The molecule has 0 unspecified atom stereocenters. The Labute approximate surface area is 248 Å². The fourth-order valence-electron chi connectivity index (χ4n) is 4.85. The summed E-state index contributed by atoms with van der Waals surface area (Å²) >= 11 is 0. The van der Waals surface area contributed by atoms with Crippen LogP contribution in [0.1, 0.15) is 39.8 Å². The van der Waals surface area contributed by atoms with E-state index in [0.717, 1.165) is 28.0 Å². The second kappa shape index (κ2) is 15.1. The minimum Gasteiger partial charge on any atom is -0.493 e. The van der Waals surface area contributed by atoms with Gasteiger partial charge in [0.15, 0.2) is 11.5 Å². The van der Waals surface area contributed by atoms with Crippen molar-refractivity contribution in [3.05, 3.63) is 124 Å². The molecule has 4 aromatic carbocycles. The van der Waals surface area contributed by atoms with Crippen molar-refractivity contribution >= 4 is 5.97 Å². The first-order chi connectivity index (χ1) is 20.3. The summed E-state index contributed by atoms with van der Waals surface area (Å²) < 4.78 is 18.3. The zero-order valence-corrected chi connectivity index (χ0v) is 24.6. The molecule has 0 aromatic heterocycles. The van der Waals surface area contributed by atoms with Crippen molar-refractivity contribution in [2.75, 3.05) is 13.7 Å². The van der Waals surface area contributed by atoms with E-state index in [1.807, 2.05) is 60.7 Å². The van der Waals surface area contributed by atoms with E-state index in [9.17, 15) is 9.90 Å². The van der Waals surface area contributed by atoms with Crippen molar-refractivity contribution in [1.29, 1.82) is 0 Å². The summed E-state index contributed by atoms with van der Waals surface area (Å²) in [5.41, 5.74) is 12.4. The Bertz CT molecular complexity index is 1470. The molecule has 0 fully saturated rings. The fourth-order valence-corrected chi connectivity index (χ4v) is 4.85. The maximum absolute atomic E-state index is 11.5. The van der Waals surface area contributed by atoms with Crippen LogP contribution in [0.3, 0.4) is 0 Å². The first-order valence-electron chi connectivity index (χ1n) is 14.1. The number of nitrogens with two attached hydrogens (primary N) is 1. The Kier molecular flexibility index (Phi) is 11.0. The van der Waals surface area contributed by atoms with Gasteiger partial charge in [0.1, 0.15) is 25.0 Å². The first-order valence-corrected chi connectivity index (χ1v) is 14.1. The molecule has 0 amide bonds. The van der Waals surface area contributed by atoms with Crippen LogP contribution in [0.5, 0.6) is 17.2 Å². The smallest absolute Gasteiger partial charge is 0.320 e. The van der Waals surface area contributed by atoms with Crippen molar-refractivity contribution < 1.29 is 24.1 Å². The van der Waals surface area contributed by atoms with Crippen LogP contribution in [-0.2, 0) is 31.1 Å². The Morgan fingerprint density at radius 2 is 1.36 bits per heavy atom. The molecule has 4 rings (SSSR count). The van der Waals surface area contributed by atoms with Gasteiger partial charge in [-0.15, -0.1) is 0 Å². The molecular formula is C35H40N2O5. The number of methoxy groups -OCH3 is 1. The highest BCUT2D eigenvalue weighted by Crippen LogP contribution is 2.33. The number of hydrogen-bond donors (Lipinski definition) is 2. The molecule has 0 aliphatic rings. The minimum atomic E-state index is -1.01. The highest BCUT2D eigenvalue weighted by atomic mass is 16.5. The van der Waals surface area contributed by atoms with Crippen LogP contribution in [0.4, 0.5) is 0 Å². The van der Waals surface area contributed by atoms with Gasteiger partial charge >= 0.3 is 5.97 Å². The van der Waals surface area contributed by atoms with Crippen molar-refractivity contribution in [1.82, 2.24) is 4.90 Å². The number of nitrogens with zero attached hydrogens (tertiary/aromatic N) is 1. The Balaban J connectivity index is 1.57. The maximum Gasteiger partial charge on any atom is 0.320 e. The molecule has 0 aliphatic carbocycles. The molecule has 0 heterocycles. The summed E-state index contributed by atoms with van der Waals surface area (Å²) in [4.78, 5) is 13.7. The van der Waals surface area contributed by atoms with E-state index < -0.39 is 12.0 Å². The third-order valence-corrected chi connectivity index (χ3v) is 7.06. The summed E-state index contributed by atoms with van der Waals surface area (Å²) in [7, 11) is 1.63. The van der Waals surface area contributed by atoms with Crippen LogP contribution >= 0.6 is 0 Å². The second-order valence-electron chi connectivity index (χ2n) is 10.6. The zero-order chi connectivity index (χ0) is 29.9. The molecule has 7 nitrogen and oxygen atoms in total. The highest BCUT2D eigenvalue weighted by Gasteiger charge is 2.19. The third-order valence-electron chi connectivity index (χ3n) is 7.06. The average molecular weight is 569 g/mol. The molecule has 0 bridgehead atoms. The predicted octanol–water partition coefficient (Wildman–Crippen LogP) is 6.27. The van der Waals surface area contributed by atoms with Crippen LogP contribution in [0.15, 0.2) is 91.0 Å². The number of para-hydroxylation sites is 2. The third kappa shape index (κ3) is 8.83. The van der Waals surface area contributed by atoms with Crippen molar-refractivity contribution in [2.45, 2.75) is 52.6 Å². The SMILES string of the molecule is COc1cccc(CN(CC[C@H](N)C(=O)O)Cc2ccccc2OCc2cccc(C)c2)c1OCc1cccc(C)c1. The van der Waals surface area contributed by atoms with Gasteiger partial charge < -0.3 is 25.1 Å². The molecule has 7 heteroatoms. The van der Waals surface area contributed by atoms with Gasteiger partial charge in [-0.1, -0.05) is 90.0 Å². The number of ether oxygens (including phenoxy) is 3. The number of rotatable bonds is 15. The Morgan fingerprint density at radius 3 is 2.00 bits per heavy atom.